The van der Waals surface area contributed by atoms with Crippen LogP contribution in [0.5, 0.6) is 11.5 Å². The predicted molar refractivity (Wildman–Crippen MR) is 83.4 cm³/mol. The minimum atomic E-state index is -0.163. The van der Waals surface area contributed by atoms with Crippen LogP contribution in [-0.4, -0.2) is 28.1 Å². The number of carbonyl (C=O) groups excluding carboxylic acids is 1. The van der Waals surface area contributed by atoms with Gasteiger partial charge in [0.25, 0.3) is 0 Å². The Balaban J connectivity index is 1.82. The molecule has 0 spiro atoms. The normalized spacial score (nSPS) is 22.9. The minimum absolute atomic E-state index is 0.0113. The summed E-state index contributed by atoms with van der Waals surface area (Å²) in [7, 11) is 0. The third kappa shape index (κ3) is 2.04. The van der Waals surface area contributed by atoms with Crippen LogP contribution < -0.4 is 14.8 Å². The van der Waals surface area contributed by atoms with Gasteiger partial charge in [-0.3, -0.25) is 9.89 Å². The fourth-order valence-corrected chi connectivity index (χ4v) is 4.05. The third-order valence-corrected chi connectivity index (χ3v) is 5.31. The number of aryl methyl sites for hydroxylation is 1. The van der Waals surface area contributed by atoms with E-state index in [4.69, 9.17) is 9.47 Å². The van der Waals surface area contributed by atoms with E-state index in [2.05, 4.69) is 15.5 Å². The SMILES string of the molecule is Cc1[nH]nc2c1[C@H](c1ccc3c(c1)OCO3)S[C@@H](C)C(=O)N2. The molecule has 1 amide bonds. The van der Waals surface area contributed by atoms with Gasteiger partial charge in [-0.2, -0.15) is 5.10 Å². The molecule has 2 atom stereocenters. The van der Waals surface area contributed by atoms with E-state index in [1.807, 2.05) is 32.0 Å². The molecule has 0 fully saturated rings. The van der Waals surface area contributed by atoms with Gasteiger partial charge in [-0.25, -0.2) is 0 Å². The number of benzene rings is 1. The molecule has 2 aliphatic heterocycles. The van der Waals surface area contributed by atoms with Crippen LogP contribution in [0, 0.1) is 6.92 Å². The number of fused-ring (bicyclic) bond motifs is 2. The molecule has 22 heavy (non-hydrogen) atoms. The van der Waals surface area contributed by atoms with E-state index in [9.17, 15) is 4.79 Å². The number of H-pyrrole nitrogens is 1. The quantitative estimate of drug-likeness (QED) is 0.845. The Morgan fingerprint density at radius 2 is 2.14 bits per heavy atom. The largest absolute Gasteiger partial charge is 0.454 e. The number of nitrogens with one attached hydrogen (secondary N) is 2. The Labute approximate surface area is 131 Å². The van der Waals surface area contributed by atoms with Crippen LogP contribution >= 0.6 is 11.8 Å². The number of carbonyl (C=O) groups is 1. The lowest BCUT2D eigenvalue weighted by molar-refractivity contribution is -0.115. The summed E-state index contributed by atoms with van der Waals surface area (Å²) in [6.07, 6.45) is 0. The van der Waals surface area contributed by atoms with Crippen molar-refractivity contribution in [1.29, 1.82) is 0 Å². The Hall–Kier alpha value is -2.15. The smallest absolute Gasteiger partial charge is 0.238 e. The van der Waals surface area contributed by atoms with Crippen LogP contribution in [0.15, 0.2) is 18.2 Å². The number of nitrogens with zero attached hydrogens (tertiary/aromatic N) is 1. The third-order valence-electron chi connectivity index (χ3n) is 3.91. The first-order valence-electron chi connectivity index (χ1n) is 7.04. The summed E-state index contributed by atoms with van der Waals surface area (Å²) in [5.74, 6) is 2.09. The van der Waals surface area contributed by atoms with Gasteiger partial charge < -0.3 is 14.8 Å². The molecule has 1 aromatic carbocycles. The van der Waals surface area contributed by atoms with Gasteiger partial charge in [-0.1, -0.05) is 6.07 Å². The summed E-state index contributed by atoms with van der Waals surface area (Å²) in [4.78, 5) is 12.1. The predicted octanol–water partition coefficient (Wildman–Crippen LogP) is 2.61. The van der Waals surface area contributed by atoms with Gasteiger partial charge in [-0.05, 0) is 31.5 Å². The summed E-state index contributed by atoms with van der Waals surface area (Å²) in [6, 6.07) is 5.92. The molecule has 0 unspecified atom stereocenters. The second kappa shape index (κ2) is 4.95. The Bertz CT molecular complexity index is 758. The molecular weight excluding hydrogens is 302 g/mol. The van der Waals surface area contributed by atoms with Crippen molar-refractivity contribution < 1.29 is 14.3 Å². The number of ether oxygens (including phenoxy) is 2. The highest BCUT2D eigenvalue weighted by molar-refractivity contribution is 8.01. The van der Waals surface area contributed by atoms with E-state index in [-0.39, 0.29) is 23.2 Å². The maximum absolute atomic E-state index is 12.1. The molecule has 6 nitrogen and oxygen atoms in total. The highest BCUT2D eigenvalue weighted by Crippen LogP contribution is 2.46. The highest BCUT2D eigenvalue weighted by atomic mass is 32.2. The zero-order valence-corrected chi connectivity index (χ0v) is 13.0. The Kier molecular flexibility index (Phi) is 3.04. The molecule has 1 aromatic heterocycles. The van der Waals surface area contributed by atoms with E-state index in [0.29, 0.717) is 5.82 Å². The van der Waals surface area contributed by atoms with Gasteiger partial charge >= 0.3 is 0 Å². The Morgan fingerprint density at radius 1 is 1.32 bits per heavy atom. The second-order valence-corrected chi connectivity index (χ2v) is 6.82. The lowest BCUT2D eigenvalue weighted by Gasteiger charge is -2.17. The highest BCUT2D eigenvalue weighted by Gasteiger charge is 2.32. The van der Waals surface area contributed by atoms with Gasteiger partial charge in [0.05, 0.1) is 10.5 Å². The fourth-order valence-electron chi connectivity index (χ4n) is 2.73. The molecule has 2 aromatic rings. The zero-order valence-electron chi connectivity index (χ0n) is 12.2. The summed E-state index contributed by atoms with van der Waals surface area (Å²) in [5.41, 5.74) is 3.05. The van der Waals surface area contributed by atoms with Crippen molar-refractivity contribution >= 4 is 23.5 Å². The number of thioether (sulfide) groups is 1. The number of aromatic nitrogens is 2. The standard InChI is InChI=1S/C15H15N3O3S/c1-7-12-13(9-3-4-10-11(5-9)21-6-20-10)22-8(2)15(19)16-14(12)18-17-7/h3-5,8,13H,6H2,1-2H3,(H2,16,17,18,19)/t8-,13-/m0/s1. The van der Waals surface area contributed by atoms with Crippen molar-refractivity contribution in [1.82, 2.24) is 10.2 Å². The van der Waals surface area contributed by atoms with E-state index >= 15 is 0 Å². The zero-order chi connectivity index (χ0) is 15.3. The van der Waals surface area contributed by atoms with Crippen molar-refractivity contribution in [3.05, 3.63) is 35.0 Å². The average molecular weight is 317 g/mol. The van der Waals surface area contributed by atoms with E-state index in [1.165, 1.54) is 0 Å². The fraction of sp³-hybridized carbons (Fsp3) is 0.333. The number of anilines is 1. The van der Waals surface area contributed by atoms with Crippen LogP contribution in [0.4, 0.5) is 5.82 Å². The van der Waals surface area contributed by atoms with Crippen molar-refractivity contribution in [2.75, 3.05) is 12.1 Å². The molecule has 3 heterocycles. The number of rotatable bonds is 1. The Morgan fingerprint density at radius 3 is 3.00 bits per heavy atom. The minimum Gasteiger partial charge on any atom is -0.454 e. The van der Waals surface area contributed by atoms with E-state index in [0.717, 1.165) is 28.3 Å². The number of hydrogen-bond acceptors (Lipinski definition) is 5. The molecule has 0 aliphatic carbocycles. The molecule has 7 heteroatoms. The molecule has 0 saturated carbocycles. The topological polar surface area (TPSA) is 76.2 Å². The molecule has 2 N–H and O–H groups in total. The van der Waals surface area contributed by atoms with Gasteiger partial charge in [0.15, 0.2) is 17.3 Å². The first-order valence-corrected chi connectivity index (χ1v) is 7.98. The lowest BCUT2D eigenvalue weighted by Crippen LogP contribution is -2.21. The van der Waals surface area contributed by atoms with Crippen molar-refractivity contribution in [2.45, 2.75) is 24.3 Å². The first-order chi connectivity index (χ1) is 10.6. The summed E-state index contributed by atoms with van der Waals surface area (Å²) < 4.78 is 10.8. The van der Waals surface area contributed by atoms with Crippen molar-refractivity contribution in [3.8, 4) is 11.5 Å². The van der Waals surface area contributed by atoms with Gasteiger partial charge in [0.2, 0.25) is 12.7 Å². The van der Waals surface area contributed by atoms with E-state index < -0.39 is 0 Å². The molecule has 4 rings (SSSR count). The summed E-state index contributed by atoms with van der Waals surface area (Å²) >= 11 is 1.61. The van der Waals surface area contributed by atoms with Gasteiger partial charge in [-0.15, -0.1) is 11.8 Å². The molecule has 0 radical (unpaired) electrons. The van der Waals surface area contributed by atoms with Crippen LogP contribution in [-0.2, 0) is 4.79 Å². The molecule has 0 bridgehead atoms. The maximum atomic E-state index is 12.1. The van der Waals surface area contributed by atoms with Crippen LogP contribution in [0.2, 0.25) is 0 Å². The number of aromatic amines is 1. The summed E-state index contributed by atoms with van der Waals surface area (Å²) in [5, 5.41) is 9.92. The lowest BCUT2D eigenvalue weighted by atomic mass is 10.0. The van der Waals surface area contributed by atoms with Crippen LogP contribution in [0.1, 0.15) is 29.0 Å². The number of amides is 1. The summed E-state index contributed by atoms with van der Waals surface area (Å²) in [6.45, 7) is 4.13. The average Bonchev–Trinajstić information content (AvgIpc) is 3.08. The monoisotopic (exact) mass is 317 g/mol. The molecule has 2 aliphatic rings. The second-order valence-electron chi connectivity index (χ2n) is 5.37. The maximum Gasteiger partial charge on any atom is 0.238 e. The molecule has 0 saturated heterocycles. The first kappa shape index (κ1) is 13.5. The van der Waals surface area contributed by atoms with Crippen LogP contribution in [0.25, 0.3) is 0 Å². The number of hydrogen-bond donors (Lipinski definition) is 2. The van der Waals surface area contributed by atoms with Crippen molar-refractivity contribution in [3.63, 3.8) is 0 Å². The molecular formula is C15H15N3O3S. The van der Waals surface area contributed by atoms with Gasteiger partial charge in [0.1, 0.15) is 0 Å². The van der Waals surface area contributed by atoms with Gasteiger partial charge in [0, 0.05) is 11.3 Å². The van der Waals surface area contributed by atoms with Crippen LogP contribution in [0.3, 0.4) is 0 Å². The molecule has 114 valence electrons. The van der Waals surface area contributed by atoms with E-state index in [1.54, 1.807) is 11.8 Å². The van der Waals surface area contributed by atoms with Crippen molar-refractivity contribution in [2.24, 2.45) is 0 Å².